The van der Waals surface area contributed by atoms with Crippen molar-refractivity contribution in [1.29, 1.82) is 0 Å². The van der Waals surface area contributed by atoms with Gasteiger partial charge in [-0.05, 0) is 45.2 Å². The maximum absolute atomic E-state index is 13.5. The molecule has 4 heterocycles. The number of hydrogen-bond donors (Lipinski definition) is 0. The summed E-state index contributed by atoms with van der Waals surface area (Å²) < 4.78 is 7.57. The van der Waals surface area contributed by atoms with E-state index >= 15 is 0 Å². The first-order valence-corrected chi connectivity index (χ1v) is 10.2. The highest BCUT2D eigenvalue weighted by atomic mass is 32.1. The Labute approximate surface area is 162 Å². The molecule has 0 spiro atoms. The van der Waals surface area contributed by atoms with Crippen LogP contribution in [0.15, 0.2) is 29.8 Å². The van der Waals surface area contributed by atoms with Gasteiger partial charge in [0.25, 0.3) is 5.91 Å². The number of carbonyl (C=O) groups is 1. The summed E-state index contributed by atoms with van der Waals surface area (Å²) in [5, 5.41) is 7.33. The Kier molecular flexibility index (Phi) is 4.74. The van der Waals surface area contributed by atoms with Crippen LogP contribution in [0.5, 0.6) is 0 Å². The van der Waals surface area contributed by atoms with Crippen LogP contribution < -0.4 is 0 Å². The normalized spacial score (nSPS) is 20.6. The van der Waals surface area contributed by atoms with Crippen molar-refractivity contribution >= 4 is 28.3 Å². The van der Waals surface area contributed by atoms with Gasteiger partial charge in [-0.3, -0.25) is 4.79 Å². The number of nitrogens with zero attached hydrogens (tertiary/aromatic N) is 4. The molecule has 27 heavy (non-hydrogen) atoms. The number of pyridine rings is 1. The lowest BCUT2D eigenvalue weighted by atomic mass is 10.1. The van der Waals surface area contributed by atoms with E-state index in [0.717, 1.165) is 21.6 Å². The molecule has 0 N–H and O–H groups in total. The van der Waals surface area contributed by atoms with Crippen LogP contribution in [0.2, 0.25) is 0 Å². The quantitative estimate of drug-likeness (QED) is 0.685. The minimum atomic E-state index is 0.0196. The molecule has 3 aromatic heterocycles. The molecule has 0 bridgehead atoms. The van der Waals surface area contributed by atoms with Gasteiger partial charge in [0.2, 0.25) is 0 Å². The molecule has 2 unspecified atom stereocenters. The van der Waals surface area contributed by atoms with Crippen LogP contribution >= 0.6 is 11.3 Å². The summed E-state index contributed by atoms with van der Waals surface area (Å²) in [5.41, 5.74) is 2.24. The maximum Gasteiger partial charge on any atom is 0.255 e. The van der Waals surface area contributed by atoms with Gasteiger partial charge < -0.3 is 9.64 Å². The molecule has 7 heteroatoms. The van der Waals surface area contributed by atoms with E-state index in [4.69, 9.17) is 9.72 Å². The van der Waals surface area contributed by atoms with Crippen LogP contribution in [0.25, 0.3) is 21.6 Å². The topological polar surface area (TPSA) is 60.2 Å². The lowest BCUT2D eigenvalue weighted by Gasteiger charge is -2.37. The first-order chi connectivity index (χ1) is 13.0. The third kappa shape index (κ3) is 3.26. The van der Waals surface area contributed by atoms with Gasteiger partial charge >= 0.3 is 0 Å². The summed E-state index contributed by atoms with van der Waals surface area (Å²) in [5.74, 6) is 0.0196. The molecule has 1 aliphatic rings. The fraction of sp³-hybridized carbons (Fsp3) is 0.450. The van der Waals surface area contributed by atoms with Crippen LogP contribution in [0, 0.1) is 0 Å². The smallest absolute Gasteiger partial charge is 0.255 e. The average Bonchev–Trinajstić information content (AvgIpc) is 3.31. The van der Waals surface area contributed by atoms with Crippen molar-refractivity contribution in [2.75, 3.05) is 13.2 Å². The van der Waals surface area contributed by atoms with E-state index in [1.807, 2.05) is 47.0 Å². The Bertz CT molecular complexity index is 964. The summed E-state index contributed by atoms with van der Waals surface area (Å²) in [6.45, 7) is 9.32. The van der Waals surface area contributed by atoms with Gasteiger partial charge in [-0.1, -0.05) is 6.07 Å². The lowest BCUT2D eigenvalue weighted by molar-refractivity contribution is -0.0386. The summed E-state index contributed by atoms with van der Waals surface area (Å²) >= 11 is 1.62. The summed E-state index contributed by atoms with van der Waals surface area (Å²) in [7, 11) is 0. The van der Waals surface area contributed by atoms with Crippen molar-refractivity contribution < 1.29 is 9.53 Å². The van der Waals surface area contributed by atoms with Crippen molar-refractivity contribution in [3.05, 3.63) is 35.3 Å². The minimum absolute atomic E-state index is 0.0196. The first kappa shape index (κ1) is 18.1. The highest BCUT2D eigenvalue weighted by molar-refractivity contribution is 7.13. The fourth-order valence-corrected chi connectivity index (χ4v) is 4.15. The van der Waals surface area contributed by atoms with Crippen LogP contribution in [0.1, 0.15) is 44.1 Å². The third-order valence-electron chi connectivity index (χ3n) is 4.93. The van der Waals surface area contributed by atoms with E-state index < -0.39 is 0 Å². The second kappa shape index (κ2) is 7.05. The van der Waals surface area contributed by atoms with Crippen LogP contribution in [-0.4, -0.2) is 50.9 Å². The molecule has 1 aliphatic heterocycles. The maximum atomic E-state index is 13.5. The first-order valence-electron chi connectivity index (χ1n) is 9.30. The molecule has 142 valence electrons. The Morgan fingerprint density at radius 2 is 2.19 bits per heavy atom. The van der Waals surface area contributed by atoms with Crippen LogP contribution in [-0.2, 0) is 4.74 Å². The second-order valence-electron chi connectivity index (χ2n) is 7.40. The Hall–Kier alpha value is -2.25. The van der Waals surface area contributed by atoms with Gasteiger partial charge in [-0.15, -0.1) is 11.3 Å². The highest BCUT2D eigenvalue weighted by Crippen LogP contribution is 2.30. The molecule has 0 aromatic carbocycles. The zero-order chi connectivity index (χ0) is 19.1. The average molecular weight is 385 g/mol. The highest BCUT2D eigenvalue weighted by Gasteiger charge is 2.30. The number of rotatable bonds is 3. The zero-order valence-electron chi connectivity index (χ0n) is 16.0. The third-order valence-corrected chi connectivity index (χ3v) is 5.82. The van der Waals surface area contributed by atoms with E-state index in [2.05, 4.69) is 18.9 Å². The van der Waals surface area contributed by atoms with Crippen molar-refractivity contribution in [2.24, 2.45) is 0 Å². The van der Waals surface area contributed by atoms with Crippen LogP contribution in [0.4, 0.5) is 0 Å². The molecule has 1 fully saturated rings. The number of thiophene rings is 1. The molecule has 6 nitrogen and oxygen atoms in total. The van der Waals surface area contributed by atoms with E-state index in [-0.39, 0.29) is 24.1 Å². The minimum Gasteiger partial charge on any atom is -0.375 e. The standard InChI is InChI=1S/C20H24N4O2S/c1-12(2)24-19-16(9-21-24)15(8-17(22-19)18-6-5-7-27-18)20(25)23-10-14(4)26-11-13(23)3/h5-9,12-14H,10-11H2,1-4H3. The van der Waals surface area contributed by atoms with Gasteiger partial charge in [0.05, 0.1) is 46.5 Å². The van der Waals surface area contributed by atoms with Crippen molar-refractivity contribution in [3.8, 4) is 10.6 Å². The van der Waals surface area contributed by atoms with Gasteiger partial charge in [0.1, 0.15) is 0 Å². The Morgan fingerprint density at radius 1 is 1.37 bits per heavy atom. The molecule has 0 saturated carbocycles. The van der Waals surface area contributed by atoms with Crippen molar-refractivity contribution in [3.63, 3.8) is 0 Å². The number of morpholine rings is 1. The SMILES string of the molecule is CC1CN(C(=O)c2cc(-c3cccs3)nc3c2cnn3C(C)C)C(C)CO1. The number of fused-ring (bicyclic) bond motifs is 1. The predicted molar refractivity (Wildman–Crippen MR) is 107 cm³/mol. The van der Waals surface area contributed by atoms with Gasteiger partial charge in [-0.25, -0.2) is 9.67 Å². The lowest BCUT2D eigenvalue weighted by Crippen LogP contribution is -2.50. The van der Waals surface area contributed by atoms with Gasteiger partial charge in [0.15, 0.2) is 5.65 Å². The van der Waals surface area contributed by atoms with E-state index in [9.17, 15) is 4.79 Å². The van der Waals surface area contributed by atoms with E-state index in [1.165, 1.54) is 0 Å². The molecule has 1 saturated heterocycles. The summed E-state index contributed by atoms with van der Waals surface area (Å²) in [6, 6.07) is 6.15. The molecule has 4 rings (SSSR count). The number of hydrogen-bond acceptors (Lipinski definition) is 5. The van der Waals surface area contributed by atoms with Crippen LogP contribution in [0.3, 0.4) is 0 Å². The summed E-state index contributed by atoms with van der Waals surface area (Å²) in [6.07, 6.45) is 1.81. The van der Waals surface area contributed by atoms with E-state index in [1.54, 1.807) is 17.5 Å². The molecule has 2 atom stereocenters. The molecule has 0 radical (unpaired) electrons. The Balaban J connectivity index is 1.87. The molecule has 0 aliphatic carbocycles. The van der Waals surface area contributed by atoms with Gasteiger partial charge in [-0.2, -0.15) is 5.10 Å². The summed E-state index contributed by atoms with van der Waals surface area (Å²) in [4.78, 5) is 21.3. The second-order valence-corrected chi connectivity index (χ2v) is 8.35. The fourth-order valence-electron chi connectivity index (χ4n) is 3.46. The Morgan fingerprint density at radius 3 is 2.89 bits per heavy atom. The monoisotopic (exact) mass is 384 g/mol. The van der Waals surface area contributed by atoms with Crippen molar-refractivity contribution in [1.82, 2.24) is 19.7 Å². The molecule has 1 amide bonds. The van der Waals surface area contributed by atoms with Crippen molar-refractivity contribution in [2.45, 2.75) is 45.9 Å². The number of ether oxygens (including phenoxy) is 1. The van der Waals surface area contributed by atoms with E-state index in [0.29, 0.717) is 18.7 Å². The number of aromatic nitrogens is 3. The van der Waals surface area contributed by atoms with Gasteiger partial charge in [0, 0.05) is 12.6 Å². The molecular formula is C20H24N4O2S. The number of carbonyl (C=O) groups excluding carboxylic acids is 1. The molecule has 3 aromatic rings. The largest absolute Gasteiger partial charge is 0.375 e. The predicted octanol–water partition coefficient (Wildman–Crippen LogP) is 3.99. The molecular weight excluding hydrogens is 360 g/mol. The zero-order valence-corrected chi connectivity index (χ0v) is 16.9. The number of amides is 1.